The van der Waals surface area contributed by atoms with Crippen LogP contribution in [0.2, 0.25) is 0 Å². The van der Waals surface area contributed by atoms with Crippen molar-refractivity contribution in [3.63, 3.8) is 0 Å². The van der Waals surface area contributed by atoms with Crippen LogP contribution in [0.4, 0.5) is 13.2 Å². The highest BCUT2D eigenvalue weighted by Crippen LogP contribution is 2.26. The number of ether oxygens (including phenoxy) is 1. The molecule has 0 aliphatic heterocycles. The van der Waals surface area contributed by atoms with E-state index in [0.29, 0.717) is 5.69 Å². The van der Waals surface area contributed by atoms with Gasteiger partial charge in [0, 0.05) is 5.92 Å². The summed E-state index contributed by atoms with van der Waals surface area (Å²) in [5, 5.41) is 2.89. The van der Waals surface area contributed by atoms with E-state index >= 15 is 0 Å². The normalized spacial score (nSPS) is 17.3. The fourth-order valence-electron chi connectivity index (χ4n) is 2.49. The van der Waals surface area contributed by atoms with Gasteiger partial charge in [-0.2, -0.15) is 13.2 Å². The molecule has 0 aromatic carbocycles. The van der Waals surface area contributed by atoms with E-state index in [2.05, 4.69) is 15.0 Å². The minimum Gasteiger partial charge on any atom is -0.483 e. The van der Waals surface area contributed by atoms with E-state index in [1.807, 2.05) is 0 Å². The molecule has 1 atom stereocenters. The molecule has 1 aromatic heterocycles. The summed E-state index contributed by atoms with van der Waals surface area (Å²) in [5.74, 6) is 0.136. The van der Waals surface area contributed by atoms with Crippen molar-refractivity contribution in [3.8, 4) is 5.75 Å². The quantitative estimate of drug-likeness (QED) is 0.906. The molecule has 0 unspecified atom stereocenters. The number of nitrogens with zero attached hydrogens (tertiary/aromatic N) is 1. The molecule has 7 heteroatoms. The Balaban J connectivity index is 1.87. The zero-order chi connectivity index (χ0) is 16.2. The number of pyridine rings is 1. The monoisotopic (exact) mass is 316 g/mol. The molecule has 0 spiro atoms. The first kappa shape index (κ1) is 16.6. The standard InChI is InChI=1S/C15H19F3N2O2/c1-10(20-14(21)11-4-2-3-5-11)13-7-6-12(8-19-13)22-9-15(16,17)18/h6-8,10-11H,2-5,9H2,1H3,(H,20,21)/t10-/m1/s1. The summed E-state index contributed by atoms with van der Waals surface area (Å²) in [6.07, 6.45) is 0.846. The molecular formula is C15H19F3N2O2. The maximum atomic E-state index is 12.0. The van der Waals surface area contributed by atoms with Crippen LogP contribution in [0.25, 0.3) is 0 Å². The second-order valence-electron chi connectivity index (χ2n) is 5.53. The predicted octanol–water partition coefficient (Wildman–Crippen LogP) is 3.39. The van der Waals surface area contributed by atoms with Crippen LogP contribution in [-0.2, 0) is 4.79 Å². The molecule has 1 saturated carbocycles. The van der Waals surface area contributed by atoms with E-state index in [4.69, 9.17) is 0 Å². The lowest BCUT2D eigenvalue weighted by atomic mass is 10.1. The molecule has 1 N–H and O–H groups in total. The second-order valence-corrected chi connectivity index (χ2v) is 5.53. The van der Waals surface area contributed by atoms with Crippen LogP contribution >= 0.6 is 0 Å². The predicted molar refractivity (Wildman–Crippen MR) is 74.3 cm³/mol. The number of halogens is 3. The molecule has 1 aliphatic carbocycles. The average molecular weight is 316 g/mol. The molecule has 0 bridgehead atoms. The zero-order valence-corrected chi connectivity index (χ0v) is 12.3. The third-order valence-corrected chi connectivity index (χ3v) is 3.69. The SMILES string of the molecule is C[C@@H](NC(=O)C1CCCC1)c1ccc(OCC(F)(F)F)cn1. The van der Waals surface area contributed by atoms with E-state index in [9.17, 15) is 18.0 Å². The lowest BCUT2D eigenvalue weighted by molar-refractivity contribution is -0.153. The average Bonchev–Trinajstić information content (AvgIpc) is 2.99. The molecule has 2 rings (SSSR count). The van der Waals surface area contributed by atoms with Crippen LogP contribution in [0.3, 0.4) is 0 Å². The molecule has 1 fully saturated rings. The second kappa shape index (κ2) is 6.98. The van der Waals surface area contributed by atoms with Gasteiger partial charge in [0.1, 0.15) is 5.75 Å². The molecule has 1 heterocycles. The summed E-state index contributed by atoms with van der Waals surface area (Å²) in [6, 6.07) is 2.70. The zero-order valence-electron chi connectivity index (χ0n) is 12.3. The number of hydrogen-bond donors (Lipinski definition) is 1. The molecule has 0 radical (unpaired) electrons. The Hall–Kier alpha value is -1.79. The number of nitrogens with one attached hydrogen (secondary N) is 1. The Kier molecular flexibility index (Phi) is 5.26. The summed E-state index contributed by atoms with van der Waals surface area (Å²) >= 11 is 0. The number of carbonyl (C=O) groups excluding carboxylic acids is 1. The van der Waals surface area contributed by atoms with Gasteiger partial charge in [-0.25, -0.2) is 0 Å². The Morgan fingerprint density at radius 3 is 2.64 bits per heavy atom. The molecule has 122 valence electrons. The van der Waals surface area contributed by atoms with E-state index in [1.54, 1.807) is 13.0 Å². The molecule has 1 aliphatic rings. The topological polar surface area (TPSA) is 51.2 Å². The summed E-state index contributed by atoms with van der Waals surface area (Å²) in [4.78, 5) is 16.1. The molecule has 0 saturated heterocycles. The van der Waals surface area contributed by atoms with Crippen LogP contribution in [0, 0.1) is 5.92 Å². The van der Waals surface area contributed by atoms with Crippen molar-refractivity contribution >= 4 is 5.91 Å². The smallest absolute Gasteiger partial charge is 0.422 e. The van der Waals surface area contributed by atoms with Gasteiger partial charge in [0.15, 0.2) is 6.61 Å². The van der Waals surface area contributed by atoms with Crippen molar-refractivity contribution in [1.82, 2.24) is 10.3 Å². The van der Waals surface area contributed by atoms with Crippen LogP contribution in [0.5, 0.6) is 5.75 Å². The van der Waals surface area contributed by atoms with Gasteiger partial charge in [-0.05, 0) is 31.9 Å². The number of rotatable bonds is 5. The van der Waals surface area contributed by atoms with Crippen molar-refractivity contribution in [2.45, 2.75) is 44.8 Å². The van der Waals surface area contributed by atoms with E-state index in [-0.39, 0.29) is 23.6 Å². The van der Waals surface area contributed by atoms with Gasteiger partial charge in [0.25, 0.3) is 0 Å². The lowest BCUT2D eigenvalue weighted by Crippen LogP contribution is -2.32. The first-order valence-corrected chi connectivity index (χ1v) is 7.31. The van der Waals surface area contributed by atoms with E-state index in [1.165, 1.54) is 12.3 Å². The van der Waals surface area contributed by atoms with Gasteiger partial charge in [-0.1, -0.05) is 12.8 Å². The minimum atomic E-state index is -4.37. The van der Waals surface area contributed by atoms with Crippen LogP contribution in [0.1, 0.15) is 44.3 Å². The van der Waals surface area contributed by atoms with Gasteiger partial charge in [0.05, 0.1) is 17.9 Å². The van der Waals surface area contributed by atoms with Crippen LogP contribution in [-0.4, -0.2) is 23.7 Å². The van der Waals surface area contributed by atoms with Crippen molar-refractivity contribution < 1.29 is 22.7 Å². The van der Waals surface area contributed by atoms with Gasteiger partial charge in [0.2, 0.25) is 5.91 Å². The number of carbonyl (C=O) groups is 1. The molecular weight excluding hydrogens is 297 g/mol. The molecule has 1 amide bonds. The largest absolute Gasteiger partial charge is 0.483 e. The summed E-state index contributed by atoms with van der Waals surface area (Å²) < 4.78 is 40.7. The maximum absolute atomic E-state index is 12.0. The van der Waals surface area contributed by atoms with Gasteiger partial charge >= 0.3 is 6.18 Å². The fourth-order valence-corrected chi connectivity index (χ4v) is 2.49. The highest BCUT2D eigenvalue weighted by molar-refractivity contribution is 5.79. The van der Waals surface area contributed by atoms with Crippen molar-refractivity contribution in [2.75, 3.05) is 6.61 Å². The number of aromatic nitrogens is 1. The Morgan fingerprint density at radius 2 is 2.09 bits per heavy atom. The third-order valence-electron chi connectivity index (χ3n) is 3.69. The highest BCUT2D eigenvalue weighted by atomic mass is 19.4. The van der Waals surface area contributed by atoms with Gasteiger partial charge in [-0.3, -0.25) is 9.78 Å². The third kappa shape index (κ3) is 4.89. The molecule has 4 nitrogen and oxygen atoms in total. The minimum absolute atomic E-state index is 0.0178. The Bertz CT molecular complexity index is 497. The van der Waals surface area contributed by atoms with Crippen molar-refractivity contribution in [1.29, 1.82) is 0 Å². The summed E-state index contributed by atoms with van der Waals surface area (Å²) in [5.41, 5.74) is 0.589. The van der Waals surface area contributed by atoms with Crippen LogP contribution < -0.4 is 10.1 Å². The first-order valence-electron chi connectivity index (χ1n) is 7.31. The Labute approximate surface area is 127 Å². The van der Waals surface area contributed by atoms with Crippen molar-refractivity contribution in [3.05, 3.63) is 24.0 Å². The fraction of sp³-hybridized carbons (Fsp3) is 0.600. The molecule has 22 heavy (non-hydrogen) atoms. The number of alkyl halides is 3. The van der Waals surface area contributed by atoms with Gasteiger partial charge < -0.3 is 10.1 Å². The highest BCUT2D eigenvalue weighted by Gasteiger charge is 2.28. The Morgan fingerprint density at radius 1 is 1.41 bits per heavy atom. The number of amides is 1. The van der Waals surface area contributed by atoms with Crippen LogP contribution in [0.15, 0.2) is 18.3 Å². The summed E-state index contributed by atoms with van der Waals surface area (Å²) in [7, 11) is 0. The summed E-state index contributed by atoms with van der Waals surface area (Å²) in [6.45, 7) is 0.452. The first-order chi connectivity index (χ1) is 10.3. The molecule has 1 aromatic rings. The van der Waals surface area contributed by atoms with Crippen molar-refractivity contribution in [2.24, 2.45) is 5.92 Å². The number of hydrogen-bond acceptors (Lipinski definition) is 3. The van der Waals surface area contributed by atoms with E-state index in [0.717, 1.165) is 25.7 Å². The van der Waals surface area contributed by atoms with Gasteiger partial charge in [-0.15, -0.1) is 0 Å². The van der Waals surface area contributed by atoms with E-state index < -0.39 is 12.8 Å². The lowest BCUT2D eigenvalue weighted by Gasteiger charge is -2.17. The maximum Gasteiger partial charge on any atom is 0.422 e.